The summed E-state index contributed by atoms with van der Waals surface area (Å²) in [6.07, 6.45) is 7.48. The SMILES string of the molecule is Cc1nc(NCCc2c(C)[nH]c3c(F)ccc(C)c23)cc(NCC2CCCCC2)n1. The maximum atomic E-state index is 14.2. The molecule has 6 heteroatoms. The molecule has 3 aromatic rings. The van der Waals surface area contributed by atoms with Gasteiger partial charge in [-0.05, 0) is 63.1 Å². The summed E-state index contributed by atoms with van der Waals surface area (Å²) in [5.41, 5.74) is 3.89. The van der Waals surface area contributed by atoms with Gasteiger partial charge in [-0.15, -0.1) is 0 Å². The van der Waals surface area contributed by atoms with E-state index in [0.29, 0.717) is 5.52 Å². The second kappa shape index (κ2) is 9.02. The quantitative estimate of drug-likeness (QED) is 0.470. The van der Waals surface area contributed by atoms with Crippen molar-refractivity contribution in [3.63, 3.8) is 0 Å². The number of nitrogens with zero attached hydrogens (tertiary/aromatic N) is 2. The Morgan fingerprint density at radius 2 is 1.77 bits per heavy atom. The Morgan fingerprint density at radius 3 is 2.53 bits per heavy atom. The highest BCUT2D eigenvalue weighted by molar-refractivity contribution is 5.88. The molecule has 1 aliphatic rings. The van der Waals surface area contributed by atoms with Gasteiger partial charge in [0.1, 0.15) is 23.3 Å². The highest BCUT2D eigenvalue weighted by Gasteiger charge is 2.15. The van der Waals surface area contributed by atoms with Gasteiger partial charge >= 0.3 is 0 Å². The topological polar surface area (TPSA) is 65.6 Å². The predicted octanol–water partition coefficient (Wildman–Crippen LogP) is 5.67. The number of hydrogen-bond donors (Lipinski definition) is 3. The van der Waals surface area contributed by atoms with Crippen molar-refractivity contribution in [2.45, 2.75) is 59.3 Å². The Kier molecular flexibility index (Phi) is 6.21. The van der Waals surface area contributed by atoms with Crippen LogP contribution >= 0.6 is 0 Å². The molecule has 4 rings (SSSR count). The molecule has 0 atom stereocenters. The van der Waals surface area contributed by atoms with Crippen LogP contribution in [0.2, 0.25) is 0 Å². The number of H-pyrrole nitrogens is 1. The lowest BCUT2D eigenvalue weighted by Gasteiger charge is -2.22. The van der Waals surface area contributed by atoms with E-state index in [9.17, 15) is 4.39 Å². The lowest BCUT2D eigenvalue weighted by Crippen LogP contribution is -2.18. The first-order valence-corrected chi connectivity index (χ1v) is 11.1. The molecule has 5 nitrogen and oxygen atoms in total. The molecule has 0 spiro atoms. The summed E-state index contributed by atoms with van der Waals surface area (Å²) in [7, 11) is 0. The minimum Gasteiger partial charge on any atom is -0.370 e. The van der Waals surface area contributed by atoms with Gasteiger partial charge in [0.15, 0.2) is 0 Å². The summed E-state index contributed by atoms with van der Waals surface area (Å²) in [6.45, 7) is 7.67. The van der Waals surface area contributed by atoms with Crippen molar-refractivity contribution in [3.05, 3.63) is 46.7 Å². The smallest absolute Gasteiger partial charge is 0.147 e. The molecule has 1 fully saturated rings. The molecular formula is C24H32FN5. The molecule has 3 N–H and O–H groups in total. The number of hydrogen-bond acceptors (Lipinski definition) is 4. The molecule has 0 radical (unpaired) electrons. The minimum atomic E-state index is -0.196. The van der Waals surface area contributed by atoms with Crippen LogP contribution < -0.4 is 10.6 Å². The van der Waals surface area contributed by atoms with Crippen LogP contribution in [0.1, 0.15) is 54.7 Å². The minimum absolute atomic E-state index is 0.196. The fourth-order valence-electron chi connectivity index (χ4n) is 4.66. The van der Waals surface area contributed by atoms with E-state index in [2.05, 4.69) is 25.6 Å². The van der Waals surface area contributed by atoms with Crippen molar-refractivity contribution in [2.24, 2.45) is 5.92 Å². The van der Waals surface area contributed by atoms with Crippen molar-refractivity contribution in [2.75, 3.05) is 23.7 Å². The third-order valence-corrected chi connectivity index (χ3v) is 6.25. The predicted molar refractivity (Wildman–Crippen MR) is 122 cm³/mol. The zero-order valence-corrected chi connectivity index (χ0v) is 18.2. The molecule has 2 heterocycles. The van der Waals surface area contributed by atoms with E-state index in [0.717, 1.165) is 65.1 Å². The van der Waals surface area contributed by atoms with E-state index in [1.165, 1.54) is 38.2 Å². The van der Waals surface area contributed by atoms with E-state index in [4.69, 9.17) is 0 Å². The van der Waals surface area contributed by atoms with Gasteiger partial charge in [0, 0.05) is 30.2 Å². The number of benzene rings is 1. The van der Waals surface area contributed by atoms with Crippen molar-refractivity contribution in [3.8, 4) is 0 Å². The monoisotopic (exact) mass is 409 g/mol. The lowest BCUT2D eigenvalue weighted by atomic mass is 9.89. The maximum absolute atomic E-state index is 14.2. The summed E-state index contributed by atoms with van der Waals surface area (Å²) >= 11 is 0. The zero-order valence-electron chi connectivity index (χ0n) is 18.2. The maximum Gasteiger partial charge on any atom is 0.147 e. The second-order valence-corrected chi connectivity index (χ2v) is 8.59. The fraction of sp³-hybridized carbons (Fsp3) is 0.500. The van der Waals surface area contributed by atoms with Gasteiger partial charge in [0.2, 0.25) is 0 Å². The Morgan fingerprint density at radius 1 is 1.03 bits per heavy atom. The first kappa shape index (κ1) is 20.6. The third kappa shape index (κ3) is 4.58. The van der Waals surface area contributed by atoms with Crippen LogP contribution in [-0.2, 0) is 6.42 Å². The Balaban J connectivity index is 1.41. The number of aromatic amines is 1. The number of nitrogens with one attached hydrogen (secondary N) is 3. The number of fused-ring (bicyclic) bond motifs is 1. The summed E-state index contributed by atoms with van der Waals surface area (Å²) in [6, 6.07) is 5.36. The van der Waals surface area contributed by atoms with Crippen LogP contribution in [0.25, 0.3) is 10.9 Å². The van der Waals surface area contributed by atoms with E-state index in [1.807, 2.05) is 32.9 Å². The van der Waals surface area contributed by atoms with Gasteiger partial charge in [0.05, 0.1) is 5.52 Å². The number of halogens is 1. The van der Waals surface area contributed by atoms with E-state index in [-0.39, 0.29) is 5.82 Å². The fourth-order valence-corrected chi connectivity index (χ4v) is 4.66. The molecule has 1 saturated carbocycles. The number of aryl methyl sites for hydroxylation is 3. The first-order valence-electron chi connectivity index (χ1n) is 11.1. The van der Waals surface area contributed by atoms with Crippen LogP contribution in [0.5, 0.6) is 0 Å². The number of rotatable bonds is 7. The lowest BCUT2D eigenvalue weighted by molar-refractivity contribution is 0.373. The van der Waals surface area contributed by atoms with Crippen molar-refractivity contribution >= 4 is 22.5 Å². The van der Waals surface area contributed by atoms with Crippen LogP contribution in [0.15, 0.2) is 18.2 Å². The normalized spacial score (nSPS) is 14.9. The van der Waals surface area contributed by atoms with Gasteiger partial charge < -0.3 is 15.6 Å². The van der Waals surface area contributed by atoms with Gasteiger partial charge in [-0.3, -0.25) is 0 Å². The Labute approximate surface area is 177 Å². The Hall–Kier alpha value is -2.63. The highest BCUT2D eigenvalue weighted by Crippen LogP contribution is 2.28. The molecule has 0 amide bonds. The molecule has 0 bridgehead atoms. The number of aromatic nitrogens is 3. The molecule has 1 aromatic carbocycles. The van der Waals surface area contributed by atoms with E-state index in [1.54, 1.807) is 0 Å². The van der Waals surface area contributed by atoms with Crippen molar-refractivity contribution < 1.29 is 4.39 Å². The van der Waals surface area contributed by atoms with Crippen LogP contribution in [-0.4, -0.2) is 28.0 Å². The summed E-state index contributed by atoms with van der Waals surface area (Å²) in [5.74, 6) is 3.02. The van der Waals surface area contributed by atoms with E-state index < -0.39 is 0 Å². The average Bonchev–Trinajstić information content (AvgIpc) is 3.07. The van der Waals surface area contributed by atoms with Crippen LogP contribution in [0, 0.1) is 32.5 Å². The average molecular weight is 410 g/mol. The van der Waals surface area contributed by atoms with E-state index >= 15 is 0 Å². The van der Waals surface area contributed by atoms with Gasteiger partial charge in [-0.2, -0.15) is 0 Å². The summed E-state index contributed by atoms with van der Waals surface area (Å²) < 4.78 is 14.2. The van der Waals surface area contributed by atoms with Gasteiger partial charge in [-0.25, -0.2) is 14.4 Å². The van der Waals surface area contributed by atoms with Gasteiger partial charge in [-0.1, -0.05) is 25.3 Å². The molecular weight excluding hydrogens is 377 g/mol. The third-order valence-electron chi connectivity index (χ3n) is 6.25. The molecule has 0 unspecified atom stereocenters. The molecule has 1 aliphatic carbocycles. The van der Waals surface area contributed by atoms with Crippen molar-refractivity contribution in [1.82, 2.24) is 15.0 Å². The Bertz CT molecular complexity index is 1020. The van der Waals surface area contributed by atoms with Gasteiger partial charge in [0.25, 0.3) is 0 Å². The summed E-state index contributed by atoms with van der Waals surface area (Å²) in [5, 5.41) is 7.94. The second-order valence-electron chi connectivity index (χ2n) is 8.59. The molecule has 2 aromatic heterocycles. The highest BCUT2D eigenvalue weighted by atomic mass is 19.1. The van der Waals surface area contributed by atoms with Crippen LogP contribution in [0.3, 0.4) is 0 Å². The first-order chi connectivity index (χ1) is 14.5. The molecule has 160 valence electrons. The zero-order chi connectivity index (χ0) is 21.1. The standard InChI is InChI=1S/C24H32FN5/c1-15-9-10-20(25)24-23(15)19(16(2)28-24)11-12-26-21-13-22(30-17(3)29-21)27-14-18-7-5-4-6-8-18/h9-10,13,18,28H,4-8,11-12,14H2,1-3H3,(H2,26,27,29,30). The largest absolute Gasteiger partial charge is 0.370 e. The number of anilines is 2. The molecule has 30 heavy (non-hydrogen) atoms. The molecule has 0 saturated heterocycles. The van der Waals surface area contributed by atoms with Crippen molar-refractivity contribution in [1.29, 1.82) is 0 Å². The molecule has 0 aliphatic heterocycles. The summed E-state index contributed by atoms with van der Waals surface area (Å²) in [4.78, 5) is 12.3. The van der Waals surface area contributed by atoms with Crippen LogP contribution in [0.4, 0.5) is 16.0 Å².